The van der Waals surface area contributed by atoms with E-state index < -0.39 is 0 Å². The number of hydrogen-bond acceptors (Lipinski definition) is 1. The summed E-state index contributed by atoms with van der Waals surface area (Å²) < 4.78 is 0. The van der Waals surface area contributed by atoms with E-state index in [4.69, 9.17) is 0 Å². The molecule has 4 aromatic rings. The molecule has 0 unspecified atom stereocenters. The molecule has 4 aromatic carbocycles. The summed E-state index contributed by atoms with van der Waals surface area (Å²) in [6, 6.07) is 32.5. The van der Waals surface area contributed by atoms with Gasteiger partial charge in [0, 0.05) is 9.79 Å². The molecule has 0 aliphatic carbocycles. The molecule has 0 fully saturated rings. The third-order valence-electron chi connectivity index (χ3n) is 4.70. The van der Waals surface area contributed by atoms with Crippen LogP contribution in [0, 0.1) is 0 Å². The second-order valence-corrected chi connectivity index (χ2v) is 7.30. The van der Waals surface area contributed by atoms with Gasteiger partial charge in [-0.15, -0.1) is 0 Å². The maximum atomic E-state index is 2.35. The minimum absolute atomic E-state index is 1.27. The van der Waals surface area contributed by atoms with Gasteiger partial charge in [0.05, 0.1) is 0 Å². The van der Waals surface area contributed by atoms with Crippen molar-refractivity contribution in [3.05, 3.63) is 108 Å². The molecule has 1 aliphatic heterocycles. The Hall–Kier alpha value is -2.77. The molecule has 0 saturated carbocycles. The van der Waals surface area contributed by atoms with Gasteiger partial charge in [0.25, 0.3) is 0 Å². The summed E-state index contributed by atoms with van der Waals surface area (Å²) in [6.07, 6.45) is 2.35. The third kappa shape index (κ3) is 2.48. The van der Waals surface area contributed by atoms with Crippen LogP contribution in [0.25, 0.3) is 22.4 Å². The minimum Gasteiger partial charge on any atom is -0.0888 e. The van der Waals surface area contributed by atoms with E-state index in [0.29, 0.717) is 0 Å². The number of fused-ring (bicyclic) bond motifs is 3. The normalized spacial score (nSPS) is 12.6. The smallest absolute Gasteiger partial charge is 0.0201 e. The molecule has 0 bridgehead atoms. The first-order valence-corrected chi connectivity index (χ1v) is 9.28. The number of rotatable bonds is 1. The summed E-state index contributed by atoms with van der Waals surface area (Å²) in [6.45, 7) is 0. The van der Waals surface area contributed by atoms with Crippen LogP contribution in [0.3, 0.4) is 0 Å². The Kier molecular flexibility index (Phi) is 3.46. The Morgan fingerprint density at radius 1 is 0.560 bits per heavy atom. The van der Waals surface area contributed by atoms with Crippen molar-refractivity contribution in [3.63, 3.8) is 0 Å². The number of hydrogen-bond donors (Lipinski definition) is 0. The zero-order chi connectivity index (χ0) is 16.6. The van der Waals surface area contributed by atoms with Gasteiger partial charge in [0.2, 0.25) is 0 Å². The molecule has 1 heterocycles. The van der Waals surface area contributed by atoms with Crippen LogP contribution in [0.2, 0.25) is 0 Å². The maximum Gasteiger partial charge on any atom is 0.0201 e. The molecule has 0 saturated heterocycles. The van der Waals surface area contributed by atoms with Crippen LogP contribution in [0.1, 0.15) is 16.7 Å². The van der Waals surface area contributed by atoms with E-state index in [-0.39, 0.29) is 0 Å². The lowest BCUT2D eigenvalue weighted by atomic mass is 9.93. The summed E-state index contributed by atoms with van der Waals surface area (Å²) in [4.78, 5) is 2.65. The van der Waals surface area contributed by atoms with Crippen LogP contribution in [-0.4, -0.2) is 0 Å². The van der Waals surface area contributed by atoms with Crippen molar-refractivity contribution >= 4 is 34.2 Å². The van der Waals surface area contributed by atoms with E-state index in [1.165, 1.54) is 42.8 Å². The zero-order valence-electron chi connectivity index (χ0n) is 13.6. The highest BCUT2D eigenvalue weighted by Gasteiger charge is 2.20. The van der Waals surface area contributed by atoms with Gasteiger partial charge < -0.3 is 0 Å². The van der Waals surface area contributed by atoms with Crippen molar-refractivity contribution in [3.8, 4) is 0 Å². The van der Waals surface area contributed by atoms with Crippen molar-refractivity contribution < 1.29 is 0 Å². The molecule has 1 aliphatic rings. The van der Waals surface area contributed by atoms with Gasteiger partial charge in [-0.05, 0) is 51.2 Å². The minimum atomic E-state index is 1.27. The molecule has 0 nitrogen and oxygen atoms in total. The van der Waals surface area contributed by atoms with Crippen molar-refractivity contribution in [1.82, 2.24) is 0 Å². The van der Waals surface area contributed by atoms with Crippen molar-refractivity contribution in [2.24, 2.45) is 0 Å². The quantitative estimate of drug-likeness (QED) is 0.321. The summed E-state index contributed by atoms with van der Waals surface area (Å²) in [5.41, 5.74) is 5.21. The SMILES string of the molecule is C(=C1c2ccccc2Sc2ccccc21)c1cccc2ccccc12. The Bertz CT molecular complexity index is 1070. The first kappa shape index (κ1) is 14.6. The topological polar surface area (TPSA) is 0 Å². The zero-order valence-corrected chi connectivity index (χ0v) is 14.5. The molecule has 0 N–H and O–H groups in total. The Labute approximate surface area is 151 Å². The van der Waals surface area contributed by atoms with Crippen LogP contribution in [0.15, 0.2) is 101 Å². The summed E-state index contributed by atoms with van der Waals surface area (Å²) >= 11 is 1.86. The fourth-order valence-electron chi connectivity index (χ4n) is 3.51. The monoisotopic (exact) mass is 336 g/mol. The first-order chi connectivity index (χ1) is 12.4. The van der Waals surface area contributed by atoms with E-state index in [1.807, 2.05) is 11.8 Å². The van der Waals surface area contributed by atoms with Crippen LogP contribution in [-0.2, 0) is 0 Å². The second kappa shape index (κ2) is 5.94. The maximum absolute atomic E-state index is 2.35. The van der Waals surface area contributed by atoms with Gasteiger partial charge in [0.1, 0.15) is 0 Å². The molecule has 118 valence electrons. The lowest BCUT2D eigenvalue weighted by Crippen LogP contribution is -1.98. The second-order valence-electron chi connectivity index (χ2n) is 6.22. The van der Waals surface area contributed by atoms with E-state index in [0.717, 1.165) is 0 Å². The highest BCUT2D eigenvalue weighted by molar-refractivity contribution is 7.99. The van der Waals surface area contributed by atoms with Gasteiger partial charge in [0.15, 0.2) is 0 Å². The molecular weight excluding hydrogens is 320 g/mol. The van der Waals surface area contributed by atoms with Gasteiger partial charge in [-0.25, -0.2) is 0 Å². The van der Waals surface area contributed by atoms with Crippen molar-refractivity contribution in [2.45, 2.75) is 9.79 Å². The van der Waals surface area contributed by atoms with Crippen LogP contribution < -0.4 is 0 Å². The van der Waals surface area contributed by atoms with Gasteiger partial charge in [-0.3, -0.25) is 0 Å². The third-order valence-corrected chi connectivity index (χ3v) is 5.85. The van der Waals surface area contributed by atoms with Crippen molar-refractivity contribution in [2.75, 3.05) is 0 Å². The van der Waals surface area contributed by atoms with Crippen molar-refractivity contribution in [1.29, 1.82) is 0 Å². The molecule has 0 atom stereocenters. The highest BCUT2D eigenvalue weighted by Crippen LogP contribution is 2.46. The lowest BCUT2D eigenvalue weighted by Gasteiger charge is -2.22. The largest absolute Gasteiger partial charge is 0.0888 e. The van der Waals surface area contributed by atoms with Crippen LogP contribution in [0.5, 0.6) is 0 Å². The molecule has 0 amide bonds. The molecular formula is C24H16S. The lowest BCUT2D eigenvalue weighted by molar-refractivity contribution is 1.29. The summed E-state index contributed by atoms with van der Waals surface area (Å²) in [5.74, 6) is 0. The first-order valence-electron chi connectivity index (χ1n) is 8.46. The van der Waals surface area contributed by atoms with Crippen LogP contribution in [0.4, 0.5) is 0 Å². The Morgan fingerprint density at radius 2 is 1.16 bits per heavy atom. The van der Waals surface area contributed by atoms with Gasteiger partial charge in [-0.1, -0.05) is 90.6 Å². The van der Waals surface area contributed by atoms with E-state index in [1.54, 1.807) is 0 Å². The Balaban J connectivity index is 1.80. The molecule has 1 heteroatoms. The van der Waals surface area contributed by atoms with E-state index in [2.05, 4.69) is 97.1 Å². The Morgan fingerprint density at radius 3 is 1.92 bits per heavy atom. The summed E-state index contributed by atoms with van der Waals surface area (Å²) in [7, 11) is 0. The predicted octanol–water partition coefficient (Wildman–Crippen LogP) is 6.89. The average Bonchev–Trinajstić information content (AvgIpc) is 2.68. The average molecular weight is 336 g/mol. The number of benzene rings is 4. The molecule has 5 rings (SSSR count). The van der Waals surface area contributed by atoms with Gasteiger partial charge in [-0.2, -0.15) is 0 Å². The van der Waals surface area contributed by atoms with Gasteiger partial charge >= 0.3 is 0 Å². The standard InChI is InChI=1S/C24H16S/c1-2-11-19-17(8-1)9-7-10-18(19)16-22-20-12-3-5-14-23(20)25-24-15-6-4-13-21(22)24/h1-16H. The fraction of sp³-hybridized carbons (Fsp3) is 0. The predicted molar refractivity (Wildman–Crippen MR) is 108 cm³/mol. The molecule has 0 aromatic heterocycles. The fourth-order valence-corrected chi connectivity index (χ4v) is 4.61. The molecule has 0 radical (unpaired) electrons. The van der Waals surface area contributed by atoms with E-state index in [9.17, 15) is 0 Å². The van der Waals surface area contributed by atoms with Crippen LogP contribution >= 0.6 is 11.8 Å². The van der Waals surface area contributed by atoms with E-state index >= 15 is 0 Å². The molecule has 0 spiro atoms. The molecule has 25 heavy (non-hydrogen) atoms. The highest BCUT2D eigenvalue weighted by atomic mass is 32.2. The summed E-state index contributed by atoms with van der Waals surface area (Å²) in [5, 5.41) is 2.58.